The van der Waals surface area contributed by atoms with Crippen molar-refractivity contribution in [2.24, 2.45) is 16.6 Å². The fourth-order valence-corrected chi connectivity index (χ4v) is 3.85. The quantitative estimate of drug-likeness (QED) is 0.504. The van der Waals surface area contributed by atoms with Gasteiger partial charge >= 0.3 is 0 Å². The van der Waals surface area contributed by atoms with E-state index in [1.807, 2.05) is 0 Å². The minimum Gasteiger partial charge on any atom is -0.370 e. The summed E-state index contributed by atoms with van der Waals surface area (Å²) in [5.41, 5.74) is 8.03. The summed E-state index contributed by atoms with van der Waals surface area (Å²) in [4.78, 5) is 21.0. The van der Waals surface area contributed by atoms with Crippen LogP contribution in [-0.2, 0) is 17.9 Å². The molecule has 0 saturated carbocycles. The van der Waals surface area contributed by atoms with Crippen LogP contribution in [0.5, 0.6) is 0 Å². The maximum Gasteiger partial charge on any atom is 0.217 e. The van der Waals surface area contributed by atoms with Crippen molar-refractivity contribution < 1.29 is 4.79 Å². The molecule has 1 aromatic carbocycles. The van der Waals surface area contributed by atoms with Gasteiger partial charge in [-0.1, -0.05) is 38.1 Å². The molecule has 1 atom stereocenters. The molecule has 0 aliphatic carbocycles. The average molecular weight is 388 g/mol. The average Bonchev–Trinajstić information content (AvgIpc) is 2.69. The summed E-state index contributed by atoms with van der Waals surface area (Å²) in [6.45, 7) is 12.9. The zero-order chi connectivity index (χ0) is 20.4. The van der Waals surface area contributed by atoms with Crippen LogP contribution >= 0.6 is 0 Å². The monoisotopic (exact) mass is 387 g/mol. The molecule has 3 N–H and O–H groups in total. The highest BCUT2D eigenvalue weighted by molar-refractivity contribution is 5.80. The van der Waals surface area contributed by atoms with E-state index in [0.29, 0.717) is 18.9 Å². The fourth-order valence-electron chi connectivity index (χ4n) is 3.85. The third kappa shape index (κ3) is 6.82. The maximum absolute atomic E-state index is 11.3. The van der Waals surface area contributed by atoms with E-state index in [1.54, 1.807) is 0 Å². The van der Waals surface area contributed by atoms with Crippen LogP contribution in [0.2, 0.25) is 0 Å². The fraction of sp³-hybridized carbons (Fsp3) is 0.636. The normalized spacial score (nSPS) is 17.8. The summed E-state index contributed by atoms with van der Waals surface area (Å²) in [7, 11) is 0. The van der Waals surface area contributed by atoms with Crippen LogP contribution in [0, 0.1) is 5.92 Å². The molecular formula is C22H37N5O. The van der Waals surface area contributed by atoms with Gasteiger partial charge in [-0.3, -0.25) is 9.69 Å². The van der Waals surface area contributed by atoms with Crippen molar-refractivity contribution in [1.29, 1.82) is 0 Å². The first kappa shape index (κ1) is 22.2. The zero-order valence-electron chi connectivity index (χ0n) is 17.8. The van der Waals surface area contributed by atoms with Crippen molar-refractivity contribution in [3.63, 3.8) is 0 Å². The molecule has 6 heteroatoms. The number of carbonyl (C=O) groups is 1. The zero-order valence-corrected chi connectivity index (χ0v) is 17.8. The van der Waals surface area contributed by atoms with Crippen molar-refractivity contribution in [1.82, 2.24) is 15.1 Å². The van der Waals surface area contributed by atoms with E-state index in [2.05, 4.69) is 60.2 Å². The summed E-state index contributed by atoms with van der Waals surface area (Å²) in [5.74, 6) is 1.05. The van der Waals surface area contributed by atoms with Gasteiger partial charge in [0, 0.05) is 32.6 Å². The number of aliphatic imine (C=N–C) groups is 1. The molecule has 2 rings (SSSR count). The Balaban J connectivity index is 2.11. The van der Waals surface area contributed by atoms with Gasteiger partial charge in [-0.05, 0) is 49.9 Å². The van der Waals surface area contributed by atoms with E-state index in [-0.39, 0.29) is 5.91 Å². The number of piperidine rings is 1. The Morgan fingerprint density at radius 3 is 2.61 bits per heavy atom. The number of primary amides is 1. The van der Waals surface area contributed by atoms with Gasteiger partial charge in [0.15, 0.2) is 5.96 Å². The van der Waals surface area contributed by atoms with Crippen LogP contribution in [0.4, 0.5) is 0 Å². The van der Waals surface area contributed by atoms with Gasteiger partial charge in [0.05, 0.1) is 6.54 Å². The SMILES string of the molecule is CCNC(=NCc1ccccc1CN(CC)CC)N1CCCC(CC(N)=O)C1. The van der Waals surface area contributed by atoms with Crippen molar-refractivity contribution in [3.05, 3.63) is 35.4 Å². The number of nitrogens with zero attached hydrogens (tertiary/aromatic N) is 3. The van der Waals surface area contributed by atoms with Crippen molar-refractivity contribution in [2.75, 3.05) is 32.7 Å². The first-order chi connectivity index (χ1) is 13.6. The van der Waals surface area contributed by atoms with Crippen LogP contribution in [0.3, 0.4) is 0 Å². The highest BCUT2D eigenvalue weighted by Gasteiger charge is 2.23. The molecule has 0 bridgehead atoms. The maximum atomic E-state index is 11.3. The number of rotatable bonds is 9. The minimum atomic E-state index is -0.209. The summed E-state index contributed by atoms with van der Waals surface area (Å²) < 4.78 is 0. The Hall–Kier alpha value is -2.08. The van der Waals surface area contributed by atoms with E-state index in [4.69, 9.17) is 10.7 Å². The Bertz CT molecular complexity index is 642. The number of likely N-dealkylation sites (tertiary alicyclic amines) is 1. The third-order valence-corrected chi connectivity index (χ3v) is 5.45. The van der Waals surface area contributed by atoms with Gasteiger partial charge in [-0.15, -0.1) is 0 Å². The summed E-state index contributed by atoms with van der Waals surface area (Å²) in [6.07, 6.45) is 2.59. The molecule has 156 valence electrons. The predicted molar refractivity (Wildman–Crippen MR) is 116 cm³/mol. The number of carbonyl (C=O) groups excluding carboxylic acids is 1. The molecule has 1 aromatic rings. The van der Waals surface area contributed by atoms with Crippen LogP contribution < -0.4 is 11.1 Å². The molecule has 0 radical (unpaired) electrons. The molecule has 0 spiro atoms. The third-order valence-electron chi connectivity index (χ3n) is 5.45. The Morgan fingerprint density at radius 2 is 1.96 bits per heavy atom. The van der Waals surface area contributed by atoms with E-state index < -0.39 is 0 Å². The second-order valence-corrected chi connectivity index (χ2v) is 7.52. The van der Waals surface area contributed by atoms with Gasteiger partial charge in [0.25, 0.3) is 0 Å². The van der Waals surface area contributed by atoms with Crippen LogP contribution in [0.1, 0.15) is 51.2 Å². The number of nitrogens with two attached hydrogens (primary N) is 1. The van der Waals surface area contributed by atoms with Gasteiger partial charge in [0.1, 0.15) is 0 Å². The van der Waals surface area contributed by atoms with Gasteiger partial charge in [-0.25, -0.2) is 4.99 Å². The smallest absolute Gasteiger partial charge is 0.217 e. The number of guanidine groups is 1. The minimum absolute atomic E-state index is 0.209. The topological polar surface area (TPSA) is 74.0 Å². The number of nitrogens with one attached hydrogen (secondary N) is 1. The first-order valence-electron chi connectivity index (χ1n) is 10.7. The molecule has 28 heavy (non-hydrogen) atoms. The number of hydrogen-bond acceptors (Lipinski definition) is 3. The Kier molecular flexibility index (Phi) is 9.28. The van der Waals surface area contributed by atoms with Gasteiger partial charge in [0.2, 0.25) is 5.91 Å². The first-order valence-corrected chi connectivity index (χ1v) is 10.7. The predicted octanol–water partition coefficient (Wildman–Crippen LogP) is 2.58. The molecule has 0 aromatic heterocycles. The van der Waals surface area contributed by atoms with Crippen LogP contribution in [0.25, 0.3) is 0 Å². The number of amides is 1. The highest BCUT2D eigenvalue weighted by atomic mass is 16.1. The van der Waals surface area contributed by atoms with E-state index >= 15 is 0 Å². The van der Waals surface area contributed by atoms with Crippen LogP contribution in [0.15, 0.2) is 29.3 Å². The lowest BCUT2D eigenvalue weighted by molar-refractivity contribution is -0.119. The van der Waals surface area contributed by atoms with Crippen molar-refractivity contribution in [3.8, 4) is 0 Å². The highest BCUT2D eigenvalue weighted by Crippen LogP contribution is 2.20. The van der Waals surface area contributed by atoms with Crippen molar-refractivity contribution >= 4 is 11.9 Å². The lowest BCUT2D eigenvalue weighted by atomic mass is 9.95. The Labute approximate surface area is 170 Å². The molecular weight excluding hydrogens is 350 g/mol. The molecule has 1 aliphatic rings. The molecule has 1 fully saturated rings. The largest absolute Gasteiger partial charge is 0.370 e. The molecule has 1 unspecified atom stereocenters. The summed E-state index contributed by atoms with van der Waals surface area (Å²) >= 11 is 0. The summed E-state index contributed by atoms with van der Waals surface area (Å²) in [6, 6.07) is 8.58. The molecule has 6 nitrogen and oxygen atoms in total. The van der Waals surface area contributed by atoms with Gasteiger partial charge in [-0.2, -0.15) is 0 Å². The molecule has 1 aliphatic heterocycles. The van der Waals surface area contributed by atoms with Gasteiger partial charge < -0.3 is 16.0 Å². The second kappa shape index (κ2) is 11.7. The van der Waals surface area contributed by atoms with Crippen LogP contribution in [-0.4, -0.2) is 54.4 Å². The lowest BCUT2D eigenvalue weighted by Crippen LogP contribution is -2.47. The Morgan fingerprint density at radius 1 is 1.25 bits per heavy atom. The number of hydrogen-bond donors (Lipinski definition) is 2. The summed E-state index contributed by atoms with van der Waals surface area (Å²) in [5, 5.41) is 3.43. The standard InChI is InChI=1S/C22H37N5O/c1-4-24-22(27-13-9-10-18(16-27)14-21(23)28)25-15-19-11-7-8-12-20(19)17-26(5-2)6-3/h7-8,11-12,18H,4-6,9-10,13-17H2,1-3H3,(H2,23,28)(H,24,25). The second-order valence-electron chi connectivity index (χ2n) is 7.52. The van der Waals surface area contributed by atoms with E-state index in [0.717, 1.165) is 58.1 Å². The molecule has 1 amide bonds. The van der Waals surface area contributed by atoms with Crippen molar-refractivity contribution in [2.45, 2.75) is 53.1 Å². The lowest BCUT2D eigenvalue weighted by Gasteiger charge is -2.34. The van der Waals surface area contributed by atoms with E-state index in [9.17, 15) is 4.79 Å². The molecule has 1 saturated heterocycles. The number of benzene rings is 1. The van der Waals surface area contributed by atoms with E-state index in [1.165, 1.54) is 11.1 Å². The molecule has 1 heterocycles.